The number of rotatable bonds is 3. The average Bonchev–Trinajstić information content (AvgIpc) is 3.19. The highest BCUT2D eigenvalue weighted by Gasteiger charge is 2.25. The average molecular weight is 325 g/mol. The summed E-state index contributed by atoms with van der Waals surface area (Å²) in [4.78, 5) is 10.3. The first-order valence-electron chi connectivity index (χ1n) is 8.19. The molecule has 4 rings (SSSR count). The van der Waals surface area contributed by atoms with Crippen molar-refractivity contribution in [2.24, 2.45) is 0 Å². The zero-order chi connectivity index (χ0) is 16.7. The molecule has 4 nitrogen and oxygen atoms in total. The van der Waals surface area contributed by atoms with Gasteiger partial charge in [0.1, 0.15) is 17.2 Å². The number of aromatic nitrogens is 2. The van der Waals surface area contributed by atoms with E-state index in [4.69, 9.17) is 4.74 Å². The highest BCUT2D eigenvalue weighted by Crippen LogP contribution is 2.37. The fraction of sp³-hybridized carbons (Fsp3) is 0.316. The van der Waals surface area contributed by atoms with Crippen molar-refractivity contribution in [3.63, 3.8) is 0 Å². The Bertz CT molecular complexity index is 889. The van der Waals surface area contributed by atoms with Gasteiger partial charge in [-0.25, -0.2) is 9.37 Å². The van der Waals surface area contributed by atoms with Crippen LogP contribution in [0, 0.1) is 5.82 Å². The first-order chi connectivity index (χ1) is 11.7. The third kappa shape index (κ3) is 2.45. The number of ether oxygens (including phenoxy) is 1. The molecule has 1 aromatic carbocycles. The maximum atomic E-state index is 13.8. The van der Waals surface area contributed by atoms with Crippen LogP contribution in [-0.4, -0.2) is 35.6 Å². The Morgan fingerprint density at radius 2 is 2.12 bits per heavy atom. The van der Waals surface area contributed by atoms with Crippen LogP contribution in [0.5, 0.6) is 5.75 Å². The zero-order valence-electron chi connectivity index (χ0n) is 13.8. The van der Waals surface area contributed by atoms with Gasteiger partial charge in [-0.15, -0.1) is 0 Å². The van der Waals surface area contributed by atoms with E-state index in [9.17, 15) is 4.39 Å². The maximum absolute atomic E-state index is 13.8. The molecule has 0 aliphatic carbocycles. The minimum atomic E-state index is -0.276. The Kier molecular flexibility index (Phi) is 3.73. The molecule has 1 N–H and O–H groups in total. The molecule has 0 bridgehead atoms. The van der Waals surface area contributed by atoms with Crippen LogP contribution in [0.2, 0.25) is 0 Å². The molecule has 0 radical (unpaired) electrons. The largest absolute Gasteiger partial charge is 0.496 e. The summed E-state index contributed by atoms with van der Waals surface area (Å²) in [6.07, 6.45) is 4.09. The van der Waals surface area contributed by atoms with E-state index in [1.54, 1.807) is 19.4 Å². The SMILES string of the molecule is COc1ccc(F)cc1-c1ccnc2[nH]c(C3CCCN3C)cc12. The van der Waals surface area contributed by atoms with Crippen LogP contribution in [0.3, 0.4) is 0 Å². The van der Waals surface area contributed by atoms with Gasteiger partial charge in [0.2, 0.25) is 0 Å². The van der Waals surface area contributed by atoms with Gasteiger partial charge in [-0.3, -0.25) is 4.90 Å². The number of methoxy groups -OCH3 is 1. The normalized spacial score (nSPS) is 18.4. The van der Waals surface area contributed by atoms with Crippen LogP contribution < -0.4 is 4.74 Å². The van der Waals surface area contributed by atoms with Gasteiger partial charge in [0.15, 0.2) is 0 Å². The number of aromatic amines is 1. The lowest BCUT2D eigenvalue weighted by Gasteiger charge is -2.17. The van der Waals surface area contributed by atoms with E-state index >= 15 is 0 Å². The molecule has 5 heteroatoms. The van der Waals surface area contributed by atoms with Crippen molar-refractivity contribution >= 4 is 11.0 Å². The van der Waals surface area contributed by atoms with E-state index in [1.165, 1.54) is 24.2 Å². The molecule has 1 saturated heterocycles. The smallest absolute Gasteiger partial charge is 0.138 e. The zero-order valence-corrected chi connectivity index (χ0v) is 13.8. The van der Waals surface area contributed by atoms with Crippen LogP contribution in [0.25, 0.3) is 22.2 Å². The second-order valence-corrected chi connectivity index (χ2v) is 6.33. The number of nitrogens with zero attached hydrogens (tertiary/aromatic N) is 2. The molecule has 3 heterocycles. The molecular weight excluding hydrogens is 305 g/mol. The minimum Gasteiger partial charge on any atom is -0.496 e. The van der Waals surface area contributed by atoms with Crippen molar-refractivity contribution in [3.05, 3.63) is 48.0 Å². The minimum absolute atomic E-state index is 0.276. The number of halogens is 1. The highest BCUT2D eigenvalue weighted by molar-refractivity contribution is 5.95. The van der Waals surface area contributed by atoms with E-state index in [0.717, 1.165) is 35.1 Å². The maximum Gasteiger partial charge on any atom is 0.138 e. The Hall–Kier alpha value is -2.40. The molecule has 1 atom stereocenters. The molecule has 3 aromatic rings. The van der Waals surface area contributed by atoms with Crippen LogP contribution >= 0.6 is 0 Å². The van der Waals surface area contributed by atoms with E-state index in [1.807, 2.05) is 6.07 Å². The second-order valence-electron chi connectivity index (χ2n) is 6.33. The van der Waals surface area contributed by atoms with Crippen molar-refractivity contribution in [1.82, 2.24) is 14.9 Å². The van der Waals surface area contributed by atoms with Gasteiger partial charge >= 0.3 is 0 Å². The number of benzene rings is 1. The lowest BCUT2D eigenvalue weighted by Crippen LogP contribution is -2.17. The Morgan fingerprint density at radius 3 is 2.88 bits per heavy atom. The third-order valence-electron chi connectivity index (χ3n) is 4.88. The quantitative estimate of drug-likeness (QED) is 0.787. The summed E-state index contributed by atoms with van der Waals surface area (Å²) in [5.41, 5.74) is 3.67. The number of hydrogen-bond donors (Lipinski definition) is 1. The van der Waals surface area contributed by atoms with Crippen molar-refractivity contribution in [2.75, 3.05) is 20.7 Å². The van der Waals surface area contributed by atoms with E-state index < -0.39 is 0 Å². The van der Waals surface area contributed by atoms with E-state index in [2.05, 4.69) is 28.0 Å². The van der Waals surface area contributed by atoms with Crippen LogP contribution in [-0.2, 0) is 0 Å². The lowest BCUT2D eigenvalue weighted by atomic mass is 10.0. The Labute approximate surface area is 140 Å². The fourth-order valence-corrected chi connectivity index (χ4v) is 3.66. The monoisotopic (exact) mass is 325 g/mol. The molecule has 1 fully saturated rings. The van der Waals surface area contributed by atoms with Gasteiger partial charge in [-0.2, -0.15) is 0 Å². The number of hydrogen-bond acceptors (Lipinski definition) is 3. The number of H-pyrrole nitrogens is 1. The van der Waals surface area contributed by atoms with Gasteiger partial charge < -0.3 is 9.72 Å². The molecule has 1 unspecified atom stereocenters. The van der Waals surface area contributed by atoms with Crippen LogP contribution in [0.1, 0.15) is 24.6 Å². The molecule has 0 spiro atoms. The topological polar surface area (TPSA) is 41.1 Å². The highest BCUT2D eigenvalue weighted by atomic mass is 19.1. The van der Waals surface area contributed by atoms with Gasteiger partial charge in [0.05, 0.1) is 7.11 Å². The molecule has 1 aliphatic rings. The standard InChI is InChI=1S/C19H20FN3O/c1-23-9-3-4-17(23)16-11-15-13(7-8-21-19(15)22-16)14-10-12(20)5-6-18(14)24-2/h5-8,10-11,17H,3-4,9H2,1-2H3,(H,21,22). The summed E-state index contributed by atoms with van der Waals surface area (Å²) >= 11 is 0. The molecule has 2 aromatic heterocycles. The molecule has 0 amide bonds. The van der Waals surface area contributed by atoms with Crippen molar-refractivity contribution < 1.29 is 9.13 Å². The predicted octanol–water partition coefficient (Wildman–Crippen LogP) is 4.14. The lowest BCUT2D eigenvalue weighted by molar-refractivity contribution is 0.313. The first-order valence-corrected chi connectivity index (χ1v) is 8.19. The van der Waals surface area contributed by atoms with Crippen molar-refractivity contribution in [3.8, 4) is 16.9 Å². The molecule has 0 saturated carbocycles. The third-order valence-corrected chi connectivity index (χ3v) is 4.88. The van der Waals surface area contributed by atoms with Crippen LogP contribution in [0.4, 0.5) is 4.39 Å². The predicted molar refractivity (Wildman–Crippen MR) is 92.6 cm³/mol. The van der Waals surface area contributed by atoms with Gasteiger partial charge in [0, 0.05) is 28.9 Å². The summed E-state index contributed by atoms with van der Waals surface area (Å²) in [5.74, 6) is 0.381. The number of fused-ring (bicyclic) bond motifs is 1. The first kappa shape index (κ1) is 15.1. The summed E-state index contributed by atoms with van der Waals surface area (Å²) < 4.78 is 19.2. The van der Waals surface area contributed by atoms with E-state index in [0.29, 0.717) is 11.8 Å². The fourth-order valence-electron chi connectivity index (χ4n) is 3.66. The van der Waals surface area contributed by atoms with Crippen molar-refractivity contribution in [1.29, 1.82) is 0 Å². The molecule has 1 aliphatic heterocycles. The van der Waals surface area contributed by atoms with Crippen LogP contribution in [0.15, 0.2) is 36.5 Å². The second kappa shape index (κ2) is 5.91. The summed E-state index contributed by atoms with van der Waals surface area (Å²) in [6.45, 7) is 1.11. The summed E-state index contributed by atoms with van der Waals surface area (Å²) in [6, 6.07) is 9.04. The van der Waals surface area contributed by atoms with Crippen molar-refractivity contribution in [2.45, 2.75) is 18.9 Å². The Morgan fingerprint density at radius 1 is 1.25 bits per heavy atom. The van der Waals surface area contributed by atoms with E-state index in [-0.39, 0.29) is 5.82 Å². The number of pyridine rings is 1. The number of likely N-dealkylation sites (tertiary alicyclic amines) is 1. The van der Waals surface area contributed by atoms with Gasteiger partial charge in [-0.1, -0.05) is 0 Å². The molecule has 24 heavy (non-hydrogen) atoms. The summed E-state index contributed by atoms with van der Waals surface area (Å²) in [7, 11) is 3.75. The molecular formula is C19H20FN3O. The number of nitrogens with one attached hydrogen (secondary N) is 1. The summed E-state index contributed by atoms with van der Waals surface area (Å²) in [5, 5.41) is 0.997. The van der Waals surface area contributed by atoms with Gasteiger partial charge in [0.25, 0.3) is 0 Å². The van der Waals surface area contributed by atoms with Gasteiger partial charge in [-0.05, 0) is 62.3 Å². The Balaban J connectivity index is 1.88. The molecule has 124 valence electrons.